The molecule has 8 nitrogen and oxygen atoms in total. The molecule has 0 radical (unpaired) electrons. The van der Waals surface area contributed by atoms with Crippen LogP contribution in [0.3, 0.4) is 0 Å². The molecule has 0 spiro atoms. The molecule has 1 atom stereocenters. The van der Waals surface area contributed by atoms with E-state index in [1.807, 2.05) is 6.92 Å². The van der Waals surface area contributed by atoms with Crippen molar-refractivity contribution >= 4 is 22.1 Å². The number of carbonyl (C=O) groups is 1. The van der Waals surface area contributed by atoms with E-state index in [1.54, 1.807) is 24.3 Å². The van der Waals surface area contributed by atoms with Crippen molar-refractivity contribution < 1.29 is 23.4 Å². The molecule has 0 aromatic heterocycles. The largest absolute Gasteiger partial charge is 0.504 e. The standard InChI is InChI=1S/C20H23N3O5S/c1-14-7-9-17(10-8-14)29(27,28)23-11-3-5-16(13-23)20(26)22-21-12-15-4-2-6-18(24)19(15)25/h2,4,6-10,12,16,24-25H,3,5,11,13H2,1H3,(H,22,26). The van der Waals surface area contributed by atoms with E-state index in [0.29, 0.717) is 19.4 Å². The Morgan fingerprint density at radius 1 is 1.21 bits per heavy atom. The lowest BCUT2D eigenvalue weighted by Crippen LogP contribution is -2.44. The van der Waals surface area contributed by atoms with Crippen LogP contribution in [-0.4, -0.2) is 48.1 Å². The van der Waals surface area contributed by atoms with E-state index in [4.69, 9.17) is 0 Å². The zero-order chi connectivity index (χ0) is 21.0. The van der Waals surface area contributed by atoms with Crippen LogP contribution in [0.5, 0.6) is 11.5 Å². The molecule has 0 bridgehead atoms. The molecular formula is C20H23N3O5S. The molecule has 29 heavy (non-hydrogen) atoms. The van der Waals surface area contributed by atoms with E-state index in [9.17, 15) is 23.4 Å². The van der Waals surface area contributed by atoms with Crippen molar-refractivity contribution in [1.82, 2.24) is 9.73 Å². The van der Waals surface area contributed by atoms with Gasteiger partial charge in [-0.05, 0) is 44.0 Å². The Balaban J connectivity index is 1.65. The number of aryl methyl sites for hydroxylation is 1. The van der Waals surface area contributed by atoms with E-state index < -0.39 is 21.8 Å². The molecule has 0 aliphatic carbocycles. The van der Waals surface area contributed by atoms with Gasteiger partial charge in [-0.3, -0.25) is 4.79 Å². The molecule has 9 heteroatoms. The number of carbonyl (C=O) groups excluding carboxylic acids is 1. The van der Waals surface area contributed by atoms with Crippen LogP contribution in [0.25, 0.3) is 0 Å². The third-order valence-corrected chi connectivity index (χ3v) is 6.72. The number of rotatable bonds is 5. The van der Waals surface area contributed by atoms with Gasteiger partial charge in [-0.15, -0.1) is 0 Å². The second kappa shape index (κ2) is 8.62. The third-order valence-electron chi connectivity index (χ3n) is 4.84. The quantitative estimate of drug-likeness (QED) is 0.390. The number of nitrogens with zero attached hydrogens (tertiary/aromatic N) is 2. The van der Waals surface area contributed by atoms with E-state index in [2.05, 4.69) is 10.5 Å². The number of piperidine rings is 1. The maximum atomic E-state index is 12.8. The lowest BCUT2D eigenvalue weighted by atomic mass is 9.99. The van der Waals surface area contributed by atoms with Gasteiger partial charge in [0.1, 0.15) is 0 Å². The number of phenolic OH excluding ortho intramolecular Hbond substituents is 2. The first-order valence-electron chi connectivity index (χ1n) is 9.19. The van der Waals surface area contributed by atoms with E-state index in [-0.39, 0.29) is 28.5 Å². The summed E-state index contributed by atoms with van der Waals surface area (Å²) in [7, 11) is -3.67. The number of phenols is 2. The molecule has 2 aromatic rings. The van der Waals surface area contributed by atoms with Crippen LogP contribution in [0.4, 0.5) is 0 Å². The lowest BCUT2D eigenvalue weighted by Gasteiger charge is -2.30. The average molecular weight is 417 g/mol. The second-order valence-electron chi connectivity index (χ2n) is 6.96. The fourth-order valence-corrected chi connectivity index (χ4v) is 4.67. The van der Waals surface area contributed by atoms with E-state index in [1.165, 1.54) is 28.7 Å². The summed E-state index contributed by atoms with van der Waals surface area (Å²) in [6.45, 7) is 2.32. The summed E-state index contributed by atoms with van der Waals surface area (Å²) in [6, 6.07) is 11.0. The van der Waals surface area contributed by atoms with Crippen LogP contribution < -0.4 is 5.43 Å². The summed E-state index contributed by atoms with van der Waals surface area (Å²) >= 11 is 0. The first-order chi connectivity index (χ1) is 13.8. The number of aromatic hydroxyl groups is 2. The topological polar surface area (TPSA) is 119 Å². The van der Waals surface area contributed by atoms with Crippen molar-refractivity contribution in [3.63, 3.8) is 0 Å². The summed E-state index contributed by atoms with van der Waals surface area (Å²) in [5, 5.41) is 23.0. The highest BCUT2D eigenvalue weighted by Crippen LogP contribution is 2.27. The van der Waals surface area contributed by atoms with Gasteiger partial charge in [-0.25, -0.2) is 13.8 Å². The van der Waals surface area contributed by atoms with Gasteiger partial charge in [0, 0.05) is 18.7 Å². The molecule has 1 heterocycles. The molecule has 1 aliphatic heterocycles. The Bertz CT molecular complexity index is 1020. The SMILES string of the molecule is Cc1ccc(S(=O)(=O)N2CCCC(C(=O)NN=Cc3cccc(O)c3O)C2)cc1. The highest BCUT2D eigenvalue weighted by molar-refractivity contribution is 7.89. The van der Waals surface area contributed by atoms with E-state index >= 15 is 0 Å². The number of benzene rings is 2. The van der Waals surface area contributed by atoms with Crippen molar-refractivity contribution in [2.75, 3.05) is 13.1 Å². The molecular weight excluding hydrogens is 394 g/mol. The van der Waals surface area contributed by atoms with E-state index in [0.717, 1.165) is 5.56 Å². The molecule has 0 saturated carbocycles. The number of hydrazone groups is 1. The van der Waals surface area contributed by atoms with Crippen LogP contribution in [-0.2, 0) is 14.8 Å². The normalized spacial score (nSPS) is 18.0. The summed E-state index contributed by atoms with van der Waals surface area (Å²) in [6.07, 6.45) is 2.34. The average Bonchev–Trinajstić information content (AvgIpc) is 2.71. The maximum absolute atomic E-state index is 12.8. The molecule has 154 valence electrons. The van der Waals surface area contributed by atoms with Crippen molar-refractivity contribution in [3.8, 4) is 11.5 Å². The van der Waals surface area contributed by atoms with Crippen LogP contribution in [0, 0.1) is 12.8 Å². The van der Waals surface area contributed by atoms with Gasteiger partial charge in [0.15, 0.2) is 11.5 Å². The first kappa shape index (κ1) is 20.8. The Morgan fingerprint density at radius 2 is 1.93 bits per heavy atom. The number of hydrogen-bond acceptors (Lipinski definition) is 6. The van der Waals surface area contributed by atoms with Crippen LogP contribution in [0.15, 0.2) is 52.5 Å². The number of nitrogens with one attached hydrogen (secondary N) is 1. The third kappa shape index (κ3) is 4.75. The zero-order valence-electron chi connectivity index (χ0n) is 15.9. The Kier molecular flexibility index (Phi) is 6.19. The van der Waals surface area contributed by atoms with Gasteiger partial charge in [0.2, 0.25) is 15.9 Å². The second-order valence-corrected chi connectivity index (χ2v) is 8.90. The minimum absolute atomic E-state index is 0.0783. The predicted octanol–water partition coefficient (Wildman–Crippen LogP) is 1.96. The zero-order valence-corrected chi connectivity index (χ0v) is 16.8. The highest BCUT2D eigenvalue weighted by Gasteiger charge is 2.33. The van der Waals surface area contributed by atoms with Crippen molar-refractivity contribution in [3.05, 3.63) is 53.6 Å². The van der Waals surface area contributed by atoms with Gasteiger partial charge in [0.05, 0.1) is 17.0 Å². The minimum Gasteiger partial charge on any atom is -0.504 e. The van der Waals surface area contributed by atoms with Gasteiger partial charge in [-0.1, -0.05) is 23.8 Å². The molecule has 1 fully saturated rings. The highest BCUT2D eigenvalue weighted by atomic mass is 32.2. The summed E-state index contributed by atoms with van der Waals surface area (Å²) in [4.78, 5) is 12.6. The summed E-state index contributed by atoms with van der Waals surface area (Å²) < 4.78 is 27.0. The van der Waals surface area contributed by atoms with Gasteiger partial charge in [0.25, 0.3) is 0 Å². The monoisotopic (exact) mass is 417 g/mol. The van der Waals surface area contributed by atoms with Crippen molar-refractivity contribution in [2.45, 2.75) is 24.7 Å². The molecule has 2 aromatic carbocycles. The number of amides is 1. The summed E-state index contributed by atoms with van der Waals surface area (Å²) in [5.41, 5.74) is 3.60. The van der Waals surface area contributed by atoms with Crippen LogP contribution in [0.2, 0.25) is 0 Å². The van der Waals surface area contributed by atoms with Crippen molar-refractivity contribution in [1.29, 1.82) is 0 Å². The molecule has 1 aliphatic rings. The fraction of sp³-hybridized carbons (Fsp3) is 0.300. The number of hydrogen-bond donors (Lipinski definition) is 3. The number of sulfonamides is 1. The Morgan fingerprint density at radius 3 is 2.66 bits per heavy atom. The van der Waals surface area contributed by atoms with Crippen molar-refractivity contribution in [2.24, 2.45) is 11.0 Å². The van der Waals surface area contributed by atoms with Gasteiger partial charge in [-0.2, -0.15) is 9.41 Å². The summed E-state index contributed by atoms with van der Waals surface area (Å²) in [5.74, 6) is -1.55. The smallest absolute Gasteiger partial charge is 0.244 e. The minimum atomic E-state index is -3.67. The first-order valence-corrected chi connectivity index (χ1v) is 10.6. The molecule has 3 rings (SSSR count). The maximum Gasteiger partial charge on any atom is 0.244 e. The fourth-order valence-electron chi connectivity index (χ4n) is 3.14. The lowest BCUT2D eigenvalue weighted by molar-refractivity contribution is -0.126. The van der Waals surface area contributed by atoms with Crippen LogP contribution in [0.1, 0.15) is 24.0 Å². The molecule has 1 saturated heterocycles. The van der Waals surface area contributed by atoms with Gasteiger partial charge >= 0.3 is 0 Å². The molecule has 3 N–H and O–H groups in total. The molecule has 1 unspecified atom stereocenters. The number of para-hydroxylation sites is 1. The van der Waals surface area contributed by atoms with Gasteiger partial charge < -0.3 is 10.2 Å². The Labute approximate surface area is 169 Å². The predicted molar refractivity (Wildman–Crippen MR) is 108 cm³/mol. The van der Waals surface area contributed by atoms with Crippen LogP contribution >= 0.6 is 0 Å². The Hall–Kier alpha value is -2.91. The molecule has 1 amide bonds.